The predicted octanol–water partition coefficient (Wildman–Crippen LogP) is 1.40. The molecule has 74 valence electrons. The van der Waals surface area contributed by atoms with E-state index in [-0.39, 0.29) is 5.78 Å². The van der Waals surface area contributed by atoms with E-state index in [1.165, 1.54) is 0 Å². The van der Waals surface area contributed by atoms with Gasteiger partial charge >= 0.3 is 0 Å². The monoisotopic (exact) mass is 183 g/mol. The van der Waals surface area contributed by atoms with E-state index in [2.05, 4.69) is 0 Å². The molecule has 1 atom stereocenters. The average Bonchev–Trinajstić information content (AvgIpc) is 2.09. The van der Waals surface area contributed by atoms with Crippen molar-refractivity contribution in [2.75, 3.05) is 0 Å². The number of hydrogen-bond donors (Lipinski definition) is 1. The average molecular weight is 183 g/mol. The SMILES string of the molecule is CCCC1(C(N)=O)CCCCC1=O. The van der Waals surface area contributed by atoms with E-state index in [9.17, 15) is 9.59 Å². The number of carbonyl (C=O) groups excluding carboxylic acids is 2. The second-order valence-corrected chi connectivity index (χ2v) is 3.83. The molecular weight excluding hydrogens is 166 g/mol. The van der Waals surface area contributed by atoms with Crippen molar-refractivity contribution in [1.29, 1.82) is 0 Å². The normalized spacial score (nSPS) is 28.8. The van der Waals surface area contributed by atoms with Crippen molar-refractivity contribution in [1.82, 2.24) is 0 Å². The summed E-state index contributed by atoms with van der Waals surface area (Å²) in [5.74, 6) is -0.354. The molecule has 0 aliphatic heterocycles. The highest BCUT2D eigenvalue weighted by molar-refractivity contribution is 6.05. The fourth-order valence-corrected chi connectivity index (χ4v) is 2.17. The van der Waals surface area contributed by atoms with Crippen LogP contribution in [0, 0.1) is 5.41 Å². The van der Waals surface area contributed by atoms with Crippen molar-refractivity contribution in [3.05, 3.63) is 0 Å². The van der Waals surface area contributed by atoms with Crippen molar-refractivity contribution in [2.24, 2.45) is 11.1 Å². The van der Waals surface area contributed by atoms with E-state index >= 15 is 0 Å². The molecule has 1 amide bonds. The van der Waals surface area contributed by atoms with Crippen LogP contribution in [0.25, 0.3) is 0 Å². The van der Waals surface area contributed by atoms with Gasteiger partial charge in [0.15, 0.2) is 0 Å². The van der Waals surface area contributed by atoms with Crippen LogP contribution in [0.15, 0.2) is 0 Å². The van der Waals surface area contributed by atoms with Gasteiger partial charge in [-0.05, 0) is 19.3 Å². The fourth-order valence-electron chi connectivity index (χ4n) is 2.17. The van der Waals surface area contributed by atoms with Crippen LogP contribution in [0.3, 0.4) is 0 Å². The van der Waals surface area contributed by atoms with E-state index in [1.54, 1.807) is 0 Å². The lowest BCUT2D eigenvalue weighted by Crippen LogP contribution is -2.45. The van der Waals surface area contributed by atoms with Gasteiger partial charge in [-0.25, -0.2) is 0 Å². The van der Waals surface area contributed by atoms with Gasteiger partial charge in [0.1, 0.15) is 11.2 Å². The van der Waals surface area contributed by atoms with Crippen molar-refractivity contribution in [3.63, 3.8) is 0 Å². The van der Waals surface area contributed by atoms with Crippen LogP contribution in [0.5, 0.6) is 0 Å². The van der Waals surface area contributed by atoms with Gasteiger partial charge in [-0.15, -0.1) is 0 Å². The molecule has 1 unspecified atom stereocenters. The van der Waals surface area contributed by atoms with Crippen molar-refractivity contribution in [2.45, 2.75) is 45.4 Å². The van der Waals surface area contributed by atoms with Gasteiger partial charge in [0, 0.05) is 6.42 Å². The number of rotatable bonds is 3. The number of primary amides is 1. The summed E-state index contributed by atoms with van der Waals surface area (Å²) in [6, 6.07) is 0. The molecule has 1 aliphatic carbocycles. The van der Waals surface area contributed by atoms with Gasteiger partial charge < -0.3 is 5.73 Å². The first-order chi connectivity index (χ1) is 6.13. The molecule has 0 spiro atoms. The molecule has 2 N–H and O–H groups in total. The first kappa shape index (κ1) is 10.2. The number of ketones is 1. The second kappa shape index (κ2) is 3.90. The standard InChI is InChI=1S/C10H17NO2/c1-2-6-10(9(11)13)7-4-3-5-8(10)12/h2-7H2,1H3,(H2,11,13). The Labute approximate surface area is 78.7 Å². The summed E-state index contributed by atoms with van der Waals surface area (Å²) >= 11 is 0. The molecular formula is C10H17NO2. The van der Waals surface area contributed by atoms with Crippen LogP contribution in [0.1, 0.15) is 45.4 Å². The van der Waals surface area contributed by atoms with Crippen LogP contribution < -0.4 is 5.73 Å². The summed E-state index contributed by atoms with van der Waals surface area (Å²) in [5, 5.41) is 0. The van der Waals surface area contributed by atoms with Gasteiger partial charge in [-0.3, -0.25) is 9.59 Å². The molecule has 3 nitrogen and oxygen atoms in total. The molecule has 0 aromatic carbocycles. The quantitative estimate of drug-likeness (QED) is 0.672. The molecule has 0 saturated heterocycles. The van der Waals surface area contributed by atoms with Gasteiger partial charge in [0.05, 0.1) is 0 Å². The van der Waals surface area contributed by atoms with E-state index in [1.807, 2.05) is 6.92 Å². The summed E-state index contributed by atoms with van der Waals surface area (Å²) in [6.07, 6.45) is 4.53. The van der Waals surface area contributed by atoms with Gasteiger partial charge in [0.25, 0.3) is 0 Å². The highest BCUT2D eigenvalue weighted by Gasteiger charge is 2.43. The molecule has 0 aromatic heterocycles. The zero-order valence-corrected chi connectivity index (χ0v) is 8.14. The Bertz CT molecular complexity index is 221. The number of carbonyl (C=O) groups is 2. The zero-order valence-electron chi connectivity index (χ0n) is 8.14. The maximum Gasteiger partial charge on any atom is 0.231 e. The summed E-state index contributed by atoms with van der Waals surface area (Å²) in [4.78, 5) is 22.9. The van der Waals surface area contributed by atoms with E-state index in [0.717, 1.165) is 19.3 Å². The number of hydrogen-bond acceptors (Lipinski definition) is 2. The van der Waals surface area contributed by atoms with E-state index in [0.29, 0.717) is 19.3 Å². The minimum Gasteiger partial charge on any atom is -0.369 e. The third-order valence-corrected chi connectivity index (χ3v) is 2.94. The van der Waals surface area contributed by atoms with Gasteiger partial charge in [-0.1, -0.05) is 19.8 Å². The number of Topliss-reactive ketones (excluding diaryl/α,β-unsaturated/α-hetero) is 1. The van der Waals surface area contributed by atoms with Crippen LogP contribution in [0.4, 0.5) is 0 Å². The predicted molar refractivity (Wildman–Crippen MR) is 50.0 cm³/mol. The number of amides is 1. The van der Waals surface area contributed by atoms with Crippen molar-refractivity contribution >= 4 is 11.7 Å². The molecule has 1 rings (SSSR count). The topological polar surface area (TPSA) is 60.2 Å². The maximum atomic E-state index is 11.6. The van der Waals surface area contributed by atoms with Crippen LogP contribution in [-0.4, -0.2) is 11.7 Å². The molecule has 1 aliphatic rings. The molecule has 3 heteroatoms. The molecule has 0 radical (unpaired) electrons. The Morgan fingerprint density at radius 1 is 1.54 bits per heavy atom. The molecule has 1 fully saturated rings. The molecule has 1 saturated carbocycles. The van der Waals surface area contributed by atoms with E-state index < -0.39 is 11.3 Å². The Hall–Kier alpha value is -0.860. The van der Waals surface area contributed by atoms with Crippen LogP contribution in [-0.2, 0) is 9.59 Å². The third kappa shape index (κ3) is 1.74. The molecule has 13 heavy (non-hydrogen) atoms. The fraction of sp³-hybridized carbons (Fsp3) is 0.800. The van der Waals surface area contributed by atoms with Gasteiger partial charge in [0.2, 0.25) is 5.91 Å². The zero-order chi connectivity index (χ0) is 9.90. The smallest absolute Gasteiger partial charge is 0.231 e. The molecule has 0 bridgehead atoms. The minimum absolute atomic E-state index is 0.0631. The van der Waals surface area contributed by atoms with Gasteiger partial charge in [-0.2, -0.15) is 0 Å². The Balaban J connectivity index is 2.86. The summed E-state index contributed by atoms with van der Waals surface area (Å²) in [5.41, 5.74) is 4.51. The van der Waals surface area contributed by atoms with Crippen LogP contribution in [0.2, 0.25) is 0 Å². The lowest BCUT2D eigenvalue weighted by atomic mass is 9.70. The highest BCUT2D eigenvalue weighted by atomic mass is 16.2. The largest absolute Gasteiger partial charge is 0.369 e. The van der Waals surface area contributed by atoms with Crippen LogP contribution >= 0.6 is 0 Å². The third-order valence-electron chi connectivity index (χ3n) is 2.94. The highest BCUT2D eigenvalue weighted by Crippen LogP contribution is 2.37. The lowest BCUT2D eigenvalue weighted by molar-refractivity contribution is -0.143. The Kier molecular flexibility index (Phi) is 3.07. The Morgan fingerprint density at radius 3 is 2.69 bits per heavy atom. The van der Waals surface area contributed by atoms with Crippen molar-refractivity contribution < 1.29 is 9.59 Å². The lowest BCUT2D eigenvalue weighted by Gasteiger charge is -2.32. The molecule has 0 aromatic rings. The first-order valence-electron chi connectivity index (χ1n) is 4.96. The van der Waals surface area contributed by atoms with Crippen molar-refractivity contribution in [3.8, 4) is 0 Å². The minimum atomic E-state index is -0.812. The maximum absolute atomic E-state index is 11.6. The summed E-state index contributed by atoms with van der Waals surface area (Å²) in [7, 11) is 0. The Morgan fingerprint density at radius 2 is 2.23 bits per heavy atom. The number of nitrogens with two attached hydrogens (primary N) is 1. The summed E-state index contributed by atoms with van der Waals surface area (Å²) in [6.45, 7) is 1.98. The van der Waals surface area contributed by atoms with E-state index in [4.69, 9.17) is 5.73 Å². The first-order valence-corrected chi connectivity index (χ1v) is 4.96. The second-order valence-electron chi connectivity index (χ2n) is 3.83. The summed E-state index contributed by atoms with van der Waals surface area (Å²) < 4.78 is 0. The molecule has 0 heterocycles.